The van der Waals surface area contributed by atoms with Crippen LogP contribution in [-0.2, 0) is 25.5 Å². The van der Waals surface area contributed by atoms with E-state index in [1.807, 2.05) is 36.1 Å². The molecular formula is C18H23NO4S. The Balaban J connectivity index is 1.91. The number of ether oxygens (including phenoxy) is 1. The van der Waals surface area contributed by atoms with E-state index < -0.39 is 5.97 Å². The number of esters is 1. The van der Waals surface area contributed by atoms with E-state index in [0.29, 0.717) is 0 Å². The van der Waals surface area contributed by atoms with Gasteiger partial charge in [-0.1, -0.05) is 18.2 Å². The highest BCUT2D eigenvalue weighted by Gasteiger charge is 2.33. The average Bonchev–Trinajstić information content (AvgIpc) is 2.87. The molecule has 0 spiro atoms. The van der Waals surface area contributed by atoms with Gasteiger partial charge in [0, 0.05) is 11.7 Å². The summed E-state index contributed by atoms with van der Waals surface area (Å²) in [5.74, 6) is -0.589. The van der Waals surface area contributed by atoms with Crippen molar-refractivity contribution < 1.29 is 19.1 Å². The average molecular weight is 349 g/mol. The first-order chi connectivity index (χ1) is 11.4. The number of thioether (sulfide) groups is 1. The van der Waals surface area contributed by atoms with Gasteiger partial charge in [0.2, 0.25) is 5.91 Å². The zero-order valence-electron chi connectivity index (χ0n) is 14.3. The van der Waals surface area contributed by atoms with Crippen LogP contribution in [0.2, 0.25) is 0 Å². The molecule has 0 fully saturated rings. The Morgan fingerprint density at radius 3 is 2.75 bits per heavy atom. The van der Waals surface area contributed by atoms with Crippen molar-refractivity contribution in [2.45, 2.75) is 44.9 Å². The van der Waals surface area contributed by atoms with Gasteiger partial charge in [-0.15, -0.1) is 11.8 Å². The van der Waals surface area contributed by atoms with E-state index in [0.717, 1.165) is 12.1 Å². The van der Waals surface area contributed by atoms with Crippen LogP contribution in [0.3, 0.4) is 0 Å². The van der Waals surface area contributed by atoms with Gasteiger partial charge in [0.15, 0.2) is 5.78 Å². The van der Waals surface area contributed by atoms with E-state index in [1.165, 1.54) is 17.3 Å². The highest BCUT2D eigenvalue weighted by Crippen LogP contribution is 2.33. The van der Waals surface area contributed by atoms with Crippen LogP contribution in [0.25, 0.3) is 0 Å². The highest BCUT2D eigenvalue weighted by molar-refractivity contribution is 8.01. The predicted molar refractivity (Wildman–Crippen MR) is 95.3 cm³/mol. The van der Waals surface area contributed by atoms with Crippen molar-refractivity contribution in [1.29, 1.82) is 0 Å². The fourth-order valence-corrected chi connectivity index (χ4v) is 3.60. The third-order valence-electron chi connectivity index (χ3n) is 3.93. The second kappa shape index (κ2) is 8.33. The van der Waals surface area contributed by atoms with Crippen LogP contribution in [-0.4, -0.2) is 41.3 Å². The molecule has 5 nitrogen and oxygen atoms in total. The number of benzene rings is 1. The van der Waals surface area contributed by atoms with Crippen molar-refractivity contribution in [2.75, 3.05) is 17.3 Å². The Bertz CT molecular complexity index is 631. The maximum atomic E-state index is 12.8. The van der Waals surface area contributed by atoms with Gasteiger partial charge in [-0.3, -0.25) is 14.4 Å². The van der Waals surface area contributed by atoms with E-state index in [1.54, 1.807) is 13.8 Å². The summed E-state index contributed by atoms with van der Waals surface area (Å²) < 4.78 is 4.76. The van der Waals surface area contributed by atoms with Crippen LogP contribution in [0.5, 0.6) is 0 Å². The Labute approximate surface area is 146 Å². The van der Waals surface area contributed by atoms with Gasteiger partial charge in [0.25, 0.3) is 0 Å². The number of carbonyl (C=O) groups is 3. The fraction of sp³-hybridized carbons (Fsp3) is 0.500. The molecule has 0 saturated carbocycles. The van der Waals surface area contributed by atoms with Crippen LogP contribution in [0.15, 0.2) is 24.3 Å². The van der Waals surface area contributed by atoms with E-state index >= 15 is 0 Å². The summed E-state index contributed by atoms with van der Waals surface area (Å²) in [5, 5.41) is -0.343. The smallest absolute Gasteiger partial charge is 0.313 e. The predicted octanol–water partition coefficient (Wildman–Crippen LogP) is 2.61. The number of hydrogen-bond donors (Lipinski definition) is 0. The summed E-state index contributed by atoms with van der Waals surface area (Å²) in [5.41, 5.74) is 2.13. The number of rotatable bonds is 7. The maximum Gasteiger partial charge on any atom is 0.313 e. The van der Waals surface area contributed by atoms with Gasteiger partial charge in [-0.05, 0) is 38.8 Å². The third-order valence-corrected chi connectivity index (χ3v) is 5.12. The van der Waals surface area contributed by atoms with Crippen LogP contribution in [0.1, 0.15) is 32.8 Å². The Morgan fingerprint density at radius 1 is 1.33 bits per heavy atom. The van der Waals surface area contributed by atoms with Crippen LogP contribution >= 0.6 is 11.8 Å². The largest absolute Gasteiger partial charge is 0.466 e. The molecule has 0 aromatic heterocycles. The summed E-state index contributed by atoms with van der Waals surface area (Å²) in [4.78, 5) is 37.7. The lowest BCUT2D eigenvalue weighted by molar-refractivity contribution is -0.145. The van der Waals surface area contributed by atoms with Crippen LogP contribution < -0.4 is 4.90 Å². The standard InChI is InChI=1S/C18H23NO4S/c1-4-23-17(21)10-15(20)11-24-13(3)18(22)19-12(2)9-14-7-5-6-8-16(14)19/h5-8,12-13H,4,9-11H2,1-3H3/t12-,13+/m0/s1. The molecule has 1 aromatic carbocycles. The number of nitrogens with zero attached hydrogens (tertiary/aromatic N) is 1. The molecule has 0 radical (unpaired) electrons. The minimum atomic E-state index is -0.510. The molecule has 0 saturated heterocycles. The van der Waals surface area contributed by atoms with Crippen molar-refractivity contribution in [2.24, 2.45) is 0 Å². The Kier molecular flexibility index (Phi) is 6.43. The lowest BCUT2D eigenvalue weighted by Crippen LogP contribution is -2.40. The molecule has 0 N–H and O–H groups in total. The zero-order chi connectivity index (χ0) is 17.7. The summed E-state index contributed by atoms with van der Waals surface area (Å²) in [6.07, 6.45) is 0.617. The molecule has 1 aliphatic rings. The lowest BCUT2D eigenvalue weighted by atomic mass is 10.1. The second-order valence-electron chi connectivity index (χ2n) is 5.86. The minimum absolute atomic E-state index is 0.00128. The molecule has 0 aliphatic carbocycles. The fourth-order valence-electron chi connectivity index (χ4n) is 2.81. The number of ketones is 1. The first kappa shape index (κ1) is 18.5. The lowest BCUT2D eigenvalue weighted by Gasteiger charge is -2.25. The summed E-state index contributed by atoms with van der Waals surface area (Å²) in [6, 6.07) is 8.02. The number of anilines is 1. The number of Topliss-reactive ketones (excluding diaryl/α,β-unsaturated/α-hetero) is 1. The first-order valence-electron chi connectivity index (χ1n) is 8.14. The molecule has 130 valence electrons. The van der Waals surface area contributed by atoms with Gasteiger partial charge in [0.1, 0.15) is 6.42 Å². The highest BCUT2D eigenvalue weighted by atomic mass is 32.2. The summed E-state index contributed by atoms with van der Waals surface area (Å²) in [7, 11) is 0. The van der Waals surface area contributed by atoms with Crippen LogP contribution in [0.4, 0.5) is 5.69 Å². The number of carbonyl (C=O) groups excluding carboxylic acids is 3. The van der Waals surface area contributed by atoms with E-state index in [-0.39, 0.29) is 41.8 Å². The molecule has 1 aliphatic heterocycles. The van der Waals surface area contributed by atoms with Gasteiger partial charge < -0.3 is 9.64 Å². The zero-order valence-corrected chi connectivity index (χ0v) is 15.1. The van der Waals surface area contributed by atoms with Gasteiger partial charge >= 0.3 is 5.97 Å². The molecule has 6 heteroatoms. The minimum Gasteiger partial charge on any atom is -0.466 e. The van der Waals surface area contributed by atoms with Gasteiger partial charge in [0.05, 0.1) is 17.6 Å². The second-order valence-corrected chi connectivity index (χ2v) is 7.19. The number of fused-ring (bicyclic) bond motifs is 1. The maximum absolute atomic E-state index is 12.8. The number of amides is 1. The van der Waals surface area contributed by atoms with Crippen molar-refractivity contribution in [3.63, 3.8) is 0 Å². The molecule has 0 bridgehead atoms. The number of para-hydroxylation sites is 1. The summed E-state index contributed by atoms with van der Waals surface area (Å²) in [6.45, 7) is 5.80. The van der Waals surface area contributed by atoms with Crippen molar-refractivity contribution >= 4 is 35.1 Å². The monoisotopic (exact) mass is 349 g/mol. The molecule has 2 atom stereocenters. The van der Waals surface area contributed by atoms with E-state index in [4.69, 9.17) is 4.74 Å². The molecule has 2 rings (SSSR count). The van der Waals surface area contributed by atoms with Gasteiger partial charge in [-0.25, -0.2) is 0 Å². The quantitative estimate of drug-likeness (QED) is 0.559. The van der Waals surface area contributed by atoms with Crippen molar-refractivity contribution in [3.05, 3.63) is 29.8 Å². The Morgan fingerprint density at radius 2 is 2.04 bits per heavy atom. The molecule has 1 heterocycles. The van der Waals surface area contributed by atoms with Crippen LogP contribution in [0, 0.1) is 0 Å². The molecule has 24 heavy (non-hydrogen) atoms. The number of hydrogen-bond acceptors (Lipinski definition) is 5. The van der Waals surface area contributed by atoms with E-state index in [9.17, 15) is 14.4 Å². The normalized spacial score (nSPS) is 17.3. The molecule has 0 unspecified atom stereocenters. The van der Waals surface area contributed by atoms with E-state index in [2.05, 4.69) is 0 Å². The molecular weight excluding hydrogens is 326 g/mol. The third kappa shape index (κ3) is 4.38. The SMILES string of the molecule is CCOC(=O)CC(=O)CS[C@H](C)C(=O)N1c2ccccc2C[C@@H]1C. The molecule has 1 amide bonds. The van der Waals surface area contributed by atoms with Crippen molar-refractivity contribution in [3.8, 4) is 0 Å². The first-order valence-corrected chi connectivity index (χ1v) is 9.18. The molecule has 1 aromatic rings. The topological polar surface area (TPSA) is 63.7 Å². The Hall–Kier alpha value is -1.82. The summed E-state index contributed by atoms with van der Waals surface area (Å²) >= 11 is 1.27. The van der Waals surface area contributed by atoms with Gasteiger partial charge in [-0.2, -0.15) is 0 Å². The van der Waals surface area contributed by atoms with Crippen molar-refractivity contribution in [1.82, 2.24) is 0 Å².